The van der Waals surface area contributed by atoms with Crippen molar-refractivity contribution < 1.29 is 14.3 Å². The maximum Gasteiger partial charge on any atom is 0.317 e. The number of esters is 1. The van der Waals surface area contributed by atoms with Gasteiger partial charge in [-0.25, -0.2) is 0 Å². The van der Waals surface area contributed by atoms with Crippen molar-refractivity contribution in [1.29, 1.82) is 0 Å². The Morgan fingerprint density at radius 2 is 2.05 bits per heavy atom. The molecule has 3 unspecified atom stereocenters. The van der Waals surface area contributed by atoms with Gasteiger partial charge in [0.15, 0.2) is 5.78 Å². The molecule has 1 fully saturated rings. The van der Waals surface area contributed by atoms with Crippen LogP contribution in [-0.4, -0.2) is 31.4 Å². The van der Waals surface area contributed by atoms with Crippen LogP contribution in [0.15, 0.2) is 30.3 Å². The third-order valence-electron chi connectivity index (χ3n) is 3.76. The first-order chi connectivity index (χ1) is 9.13. The van der Waals surface area contributed by atoms with Crippen LogP contribution < -0.4 is 5.32 Å². The molecule has 19 heavy (non-hydrogen) atoms. The van der Waals surface area contributed by atoms with Gasteiger partial charge in [0, 0.05) is 18.5 Å². The quantitative estimate of drug-likeness (QED) is 0.656. The summed E-state index contributed by atoms with van der Waals surface area (Å²) in [6.07, 6.45) is 0.793. The van der Waals surface area contributed by atoms with Gasteiger partial charge in [0.2, 0.25) is 0 Å². The zero-order valence-electron chi connectivity index (χ0n) is 11.3. The molecule has 0 aliphatic carbocycles. The molecule has 3 atom stereocenters. The van der Waals surface area contributed by atoms with Gasteiger partial charge in [-0.15, -0.1) is 0 Å². The number of carbonyl (C=O) groups excluding carboxylic acids is 2. The summed E-state index contributed by atoms with van der Waals surface area (Å²) in [6, 6.07) is 10.1. The van der Waals surface area contributed by atoms with E-state index in [2.05, 4.69) is 10.1 Å². The summed E-state index contributed by atoms with van der Waals surface area (Å²) in [4.78, 5) is 23.7. The normalized spacial score (nSPS) is 27.1. The van der Waals surface area contributed by atoms with Crippen molar-refractivity contribution >= 4 is 11.8 Å². The highest BCUT2D eigenvalue weighted by molar-refractivity contribution is 6.01. The Kier molecular flexibility index (Phi) is 4.32. The fourth-order valence-electron chi connectivity index (χ4n) is 2.52. The first kappa shape index (κ1) is 13.7. The van der Waals surface area contributed by atoms with E-state index < -0.39 is 11.9 Å². The van der Waals surface area contributed by atoms with Gasteiger partial charge >= 0.3 is 5.97 Å². The van der Waals surface area contributed by atoms with Crippen molar-refractivity contribution in [2.45, 2.75) is 19.4 Å². The lowest BCUT2D eigenvalue weighted by Gasteiger charge is -2.33. The Labute approximate surface area is 113 Å². The second kappa shape index (κ2) is 5.97. The zero-order valence-corrected chi connectivity index (χ0v) is 11.3. The number of nitrogens with one attached hydrogen (secondary N) is 1. The zero-order chi connectivity index (χ0) is 13.8. The molecule has 4 heteroatoms. The number of hydrogen-bond donors (Lipinski definition) is 1. The molecular formula is C15H19NO3. The van der Waals surface area contributed by atoms with Gasteiger partial charge in [-0.3, -0.25) is 9.59 Å². The van der Waals surface area contributed by atoms with E-state index in [0.717, 1.165) is 6.42 Å². The second-order valence-electron chi connectivity index (χ2n) is 4.97. The lowest BCUT2D eigenvalue weighted by atomic mass is 9.82. The van der Waals surface area contributed by atoms with Crippen molar-refractivity contribution in [1.82, 2.24) is 5.32 Å². The molecule has 0 amide bonds. The predicted molar refractivity (Wildman–Crippen MR) is 71.6 cm³/mol. The predicted octanol–water partition coefficient (Wildman–Crippen LogP) is 1.20. The molecular weight excluding hydrogens is 242 g/mol. The number of rotatable bonds is 3. The SMILES string of the molecule is COC(=O)C1CNC(Cc2ccccc2)C(C)C1=O. The number of carbonyl (C=O) groups is 2. The fourth-order valence-corrected chi connectivity index (χ4v) is 2.52. The van der Waals surface area contributed by atoms with Crippen LogP contribution in [0.5, 0.6) is 0 Å². The van der Waals surface area contributed by atoms with Gasteiger partial charge in [-0.2, -0.15) is 0 Å². The van der Waals surface area contributed by atoms with Crippen molar-refractivity contribution in [2.24, 2.45) is 11.8 Å². The summed E-state index contributed by atoms with van der Waals surface area (Å²) < 4.78 is 4.66. The number of methoxy groups -OCH3 is 1. The molecule has 1 aliphatic rings. The summed E-state index contributed by atoms with van der Waals surface area (Å²) in [5, 5.41) is 3.29. The van der Waals surface area contributed by atoms with Crippen molar-refractivity contribution in [3.63, 3.8) is 0 Å². The van der Waals surface area contributed by atoms with E-state index in [1.807, 2.05) is 37.3 Å². The molecule has 1 heterocycles. The highest BCUT2D eigenvalue weighted by Crippen LogP contribution is 2.21. The Morgan fingerprint density at radius 1 is 1.37 bits per heavy atom. The van der Waals surface area contributed by atoms with E-state index in [-0.39, 0.29) is 17.7 Å². The maximum atomic E-state index is 12.2. The first-order valence-corrected chi connectivity index (χ1v) is 6.52. The summed E-state index contributed by atoms with van der Waals surface area (Å²) >= 11 is 0. The first-order valence-electron chi connectivity index (χ1n) is 6.52. The van der Waals surface area contributed by atoms with E-state index in [1.165, 1.54) is 12.7 Å². The highest BCUT2D eigenvalue weighted by atomic mass is 16.5. The van der Waals surface area contributed by atoms with Gasteiger partial charge in [0.25, 0.3) is 0 Å². The van der Waals surface area contributed by atoms with Crippen LogP contribution in [0, 0.1) is 11.8 Å². The van der Waals surface area contributed by atoms with Crippen molar-refractivity contribution in [3.8, 4) is 0 Å². The van der Waals surface area contributed by atoms with E-state index in [0.29, 0.717) is 6.54 Å². The molecule has 1 aliphatic heterocycles. The van der Waals surface area contributed by atoms with E-state index >= 15 is 0 Å². The van der Waals surface area contributed by atoms with Crippen molar-refractivity contribution in [3.05, 3.63) is 35.9 Å². The van der Waals surface area contributed by atoms with Gasteiger partial charge in [-0.1, -0.05) is 37.3 Å². The molecule has 2 rings (SSSR count). The van der Waals surface area contributed by atoms with Gasteiger partial charge in [-0.05, 0) is 12.0 Å². The minimum Gasteiger partial charge on any atom is -0.468 e. The molecule has 1 saturated heterocycles. The van der Waals surface area contributed by atoms with E-state index in [4.69, 9.17) is 0 Å². The van der Waals surface area contributed by atoms with Crippen LogP contribution in [0.2, 0.25) is 0 Å². The molecule has 1 aromatic rings. The fraction of sp³-hybridized carbons (Fsp3) is 0.467. The number of ketones is 1. The average molecular weight is 261 g/mol. The van der Waals surface area contributed by atoms with E-state index in [1.54, 1.807) is 0 Å². The Morgan fingerprint density at radius 3 is 2.68 bits per heavy atom. The Bertz CT molecular complexity index is 458. The molecule has 0 aromatic heterocycles. The van der Waals surface area contributed by atoms with Crippen LogP contribution in [-0.2, 0) is 20.7 Å². The molecule has 102 valence electrons. The topological polar surface area (TPSA) is 55.4 Å². The number of ether oxygens (including phenoxy) is 1. The third-order valence-corrected chi connectivity index (χ3v) is 3.76. The number of hydrogen-bond acceptors (Lipinski definition) is 4. The number of piperidine rings is 1. The van der Waals surface area contributed by atoms with Gasteiger partial charge < -0.3 is 10.1 Å². The maximum absolute atomic E-state index is 12.2. The van der Waals surface area contributed by atoms with Crippen LogP contribution in [0.1, 0.15) is 12.5 Å². The molecule has 0 radical (unpaired) electrons. The lowest BCUT2D eigenvalue weighted by Crippen LogP contribution is -2.53. The molecule has 0 saturated carbocycles. The Hall–Kier alpha value is -1.68. The van der Waals surface area contributed by atoms with Crippen molar-refractivity contribution in [2.75, 3.05) is 13.7 Å². The molecule has 1 aromatic carbocycles. The lowest BCUT2D eigenvalue weighted by molar-refractivity contribution is -0.151. The van der Waals surface area contributed by atoms with Crippen LogP contribution in [0.4, 0.5) is 0 Å². The molecule has 0 bridgehead atoms. The van der Waals surface area contributed by atoms with E-state index in [9.17, 15) is 9.59 Å². The standard InChI is InChI=1S/C15H19NO3/c1-10-13(8-11-6-4-3-5-7-11)16-9-12(14(10)17)15(18)19-2/h3-7,10,12-13,16H,8-9H2,1-2H3. The van der Waals surface area contributed by atoms with Gasteiger partial charge in [0.05, 0.1) is 7.11 Å². The summed E-state index contributed by atoms with van der Waals surface area (Å²) in [5.74, 6) is -1.31. The molecule has 1 N–H and O–H groups in total. The van der Waals surface area contributed by atoms with Crippen LogP contribution in [0.3, 0.4) is 0 Å². The Balaban J connectivity index is 2.03. The number of benzene rings is 1. The minimum absolute atomic E-state index is 0.0217. The monoisotopic (exact) mass is 261 g/mol. The summed E-state index contributed by atoms with van der Waals surface area (Å²) in [7, 11) is 1.32. The smallest absolute Gasteiger partial charge is 0.317 e. The second-order valence-corrected chi connectivity index (χ2v) is 4.97. The van der Waals surface area contributed by atoms with Crippen LogP contribution in [0.25, 0.3) is 0 Å². The largest absolute Gasteiger partial charge is 0.468 e. The summed E-state index contributed by atoms with van der Waals surface area (Å²) in [6.45, 7) is 2.24. The molecule has 4 nitrogen and oxygen atoms in total. The van der Waals surface area contributed by atoms with Crippen LogP contribution >= 0.6 is 0 Å². The summed E-state index contributed by atoms with van der Waals surface area (Å²) in [5.41, 5.74) is 1.19. The number of Topliss-reactive ketones (excluding diaryl/α,β-unsaturated/α-hetero) is 1. The minimum atomic E-state index is -0.660. The van der Waals surface area contributed by atoms with Gasteiger partial charge in [0.1, 0.15) is 5.92 Å². The average Bonchev–Trinajstić information content (AvgIpc) is 2.44. The highest BCUT2D eigenvalue weighted by Gasteiger charge is 2.39. The molecule has 0 spiro atoms. The third kappa shape index (κ3) is 3.01.